The van der Waals surface area contributed by atoms with Crippen molar-refractivity contribution in [2.75, 3.05) is 6.26 Å². The van der Waals surface area contributed by atoms with Crippen LogP contribution in [-0.2, 0) is 26.9 Å². The molecule has 0 spiro atoms. The summed E-state index contributed by atoms with van der Waals surface area (Å²) in [4.78, 5) is 31.0. The zero-order valence-corrected chi connectivity index (χ0v) is 14.7. The van der Waals surface area contributed by atoms with E-state index in [1.54, 1.807) is 36.4 Å². The third-order valence-corrected chi connectivity index (χ3v) is 4.45. The van der Waals surface area contributed by atoms with Crippen molar-refractivity contribution in [3.8, 4) is 0 Å². The van der Waals surface area contributed by atoms with E-state index in [1.165, 1.54) is 12.1 Å². The van der Waals surface area contributed by atoms with Gasteiger partial charge in [0.2, 0.25) is 0 Å². The maximum Gasteiger partial charge on any atom is 0.338 e. The number of hydrogen-bond donors (Lipinski definition) is 1. The predicted octanol–water partition coefficient (Wildman–Crippen LogP) is 1.82. The fraction of sp³-hybridized carbons (Fsp3) is 0.167. The number of ether oxygens (including phenoxy) is 1. The number of aromatic nitrogens is 2. The molecule has 0 aliphatic carbocycles. The third kappa shape index (κ3) is 4.34. The first-order valence-corrected chi connectivity index (χ1v) is 9.79. The molecule has 0 saturated carbocycles. The molecule has 0 radical (unpaired) electrons. The SMILES string of the molecule is CS(=O)(=O)Cc1cccc(C(=O)OCc2nc3ccccc3c(=O)[nH]2)c1. The Morgan fingerprint density at radius 1 is 1.15 bits per heavy atom. The molecule has 0 fully saturated rings. The maximum atomic E-state index is 12.2. The highest BCUT2D eigenvalue weighted by Crippen LogP contribution is 2.11. The number of carbonyl (C=O) groups excluding carboxylic acids is 1. The van der Waals surface area contributed by atoms with Gasteiger partial charge in [0.1, 0.15) is 12.4 Å². The molecule has 0 saturated heterocycles. The van der Waals surface area contributed by atoms with Crippen LogP contribution in [0.25, 0.3) is 10.9 Å². The van der Waals surface area contributed by atoms with Crippen molar-refractivity contribution in [2.24, 2.45) is 0 Å². The Labute approximate surface area is 149 Å². The number of fused-ring (bicyclic) bond motifs is 1. The molecule has 3 rings (SSSR count). The molecule has 7 nitrogen and oxygen atoms in total. The summed E-state index contributed by atoms with van der Waals surface area (Å²) in [7, 11) is -3.20. The summed E-state index contributed by atoms with van der Waals surface area (Å²) in [5.41, 5.74) is 0.933. The topological polar surface area (TPSA) is 106 Å². The number of nitrogens with zero attached hydrogens (tertiary/aromatic N) is 1. The van der Waals surface area contributed by atoms with Crippen LogP contribution in [0.5, 0.6) is 0 Å². The lowest BCUT2D eigenvalue weighted by molar-refractivity contribution is 0.0462. The van der Waals surface area contributed by atoms with Gasteiger partial charge in [-0.25, -0.2) is 18.2 Å². The van der Waals surface area contributed by atoms with Crippen LogP contribution in [0.15, 0.2) is 53.3 Å². The Hall–Kier alpha value is -3.00. The van der Waals surface area contributed by atoms with Gasteiger partial charge in [0, 0.05) is 6.26 Å². The number of carbonyl (C=O) groups is 1. The summed E-state index contributed by atoms with van der Waals surface area (Å²) in [6.45, 7) is -0.199. The summed E-state index contributed by atoms with van der Waals surface area (Å²) in [5.74, 6) is -0.557. The Morgan fingerprint density at radius 2 is 1.92 bits per heavy atom. The van der Waals surface area contributed by atoms with Crippen LogP contribution in [0.1, 0.15) is 21.7 Å². The number of rotatable bonds is 5. The van der Waals surface area contributed by atoms with E-state index in [1.807, 2.05) is 0 Å². The van der Waals surface area contributed by atoms with Crippen molar-refractivity contribution < 1.29 is 17.9 Å². The van der Waals surface area contributed by atoms with Gasteiger partial charge < -0.3 is 9.72 Å². The molecule has 0 amide bonds. The molecule has 0 unspecified atom stereocenters. The average molecular weight is 372 g/mol. The van der Waals surface area contributed by atoms with Gasteiger partial charge in [-0.05, 0) is 29.8 Å². The van der Waals surface area contributed by atoms with Crippen molar-refractivity contribution in [3.05, 3.63) is 75.8 Å². The number of hydrogen-bond acceptors (Lipinski definition) is 6. The molecule has 134 valence electrons. The second kappa shape index (κ2) is 7.09. The van der Waals surface area contributed by atoms with Gasteiger partial charge in [-0.3, -0.25) is 4.79 Å². The van der Waals surface area contributed by atoms with Crippen LogP contribution in [0.4, 0.5) is 0 Å². The molecule has 26 heavy (non-hydrogen) atoms. The minimum Gasteiger partial charge on any atom is -0.454 e. The van der Waals surface area contributed by atoms with Gasteiger partial charge in [0.05, 0.1) is 22.2 Å². The number of sulfone groups is 1. The molecule has 2 aromatic carbocycles. The van der Waals surface area contributed by atoms with Gasteiger partial charge in [-0.15, -0.1) is 0 Å². The number of aromatic amines is 1. The molecule has 1 N–H and O–H groups in total. The van der Waals surface area contributed by atoms with Gasteiger partial charge >= 0.3 is 5.97 Å². The Balaban J connectivity index is 1.75. The van der Waals surface area contributed by atoms with Crippen LogP contribution in [0.3, 0.4) is 0 Å². The minimum atomic E-state index is -3.20. The summed E-state index contributed by atoms with van der Waals surface area (Å²) < 4.78 is 27.9. The highest BCUT2D eigenvalue weighted by molar-refractivity contribution is 7.89. The van der Waals surface area contributed by atoms with Crippen molar-refractivity contribution >= 4 is 26.7 Å². The molecule has 1 heterocycles. The first kappa shape index (κ1) is 17.8. The van der Waals surface area contributed by atoms with Gasteiger partial charge in [-0.1, -0.05) is 24.3 Å². The lowest BCUT2D eigenvalue weighted by Gasteiger charge is -2.07. The zero-order valence-electron chi connectivity index (χ0n) is 13.9. The second-order valence-corrected chi connectivity index (χ2v) is 8.02. The molecular weight excluding hydrogens is 356 g/mol. The van der Waals surface area contributed by atoms with E-state index in [0.717, 1.165) is 6.26 Å². The van der Waals surface area contributed by atoms with Crippen molar-refractivity contribution in [2.45, 2.75) is 12.4 Å². The average Bonchev–Trinajstić information content (AvgIpc) is 2.58. The molecule has 0 aliphatic heterocycles. The van der Waals surface area contributed by atoms with Crippen molar-refractivity contribution in [1.82, 2.24) is 9.97 Å². The molecule has 8 heteroatoms. The molecule has 1 aromatic heterocycles. The standard InChI is InChI=1S/C18H16N2O5S/c1-26(23,24)11-12-5-4-6-13(9-12)18(22)25-10-16-19-15-8-3-2-7-14(15)17(21)20-16/h2-9H,10-11H2,1H3,(H,19,20,21). The highest BCUT2D eigenvalue weighted by Gasteiger charge is 2.12. The van der Waals surface area contributed by atoms with E-state index < -0.39 is 15.8 Å². The van der Waals surface area contributed by atoms with E-state index in [4.69, 9.17) is 4.74 Å². The Morgan fingerprint density at radius 3 is 2.69 bits per heavy atom. The maximum absolute atomic E-state index is 12.2. The fourth-order valence-corrected chi connectivity index (χ4v) is 3.30. The third-order valence-electron chi connectivity index (χ3n) is 3.59. The number of nitrogens with one attached hydrogen (secondary N) is 1. The normalized spacial score (nSPS) is 11.4. The summed E-state index contributed by atoms with van der Waals surface area (Å²) >= 11 is 0. The number of H-pyrrole nitrogens is 1. The van der Waals surface area contributed by atoms with Crippen LogP contribution < -0.4 is 5.56 Å². The highest BCUT2D eigenvalue weighted by atomic mass is 32.2. The first-order valence-electron chi connectivity index (χ1n) is 7.73. The van der Waals surface area contributed by atoms with Crippen LogP contribution >= 0.6 is 0 Å². The number of para-hydroxylation sites is 1. The van der Waals surface area contributed by atoms with Crippen molar-refractivity contribution in [3.63, 3.8) is 0 Å². The number of esters is 1. The monoisotopic (exact) mass is 372 g/mol. The molecule has 0 atom stereocenters. The molecule has 0 aliphatic rings. The zero-order chi connectivity index (χ0) is 18.7. The van der Waals surface area contributed by atoms with E-state index in [2.05, 4.69) is 9.97 Å². The molecule has 3 aromatic rings. The van der Waals surface area contributed by atoms with Crippen LogP contribution in [-0.4, -0.2) is 30.6 Å². The summed E-state index contributed by atoms with van der Waals surface area (Å²) in [5, 5.41) is 0.455. The predicted molar refractivity (Wildman–Crippen MR) is 96.5 cm³/mol. The molecular formula is C18H16N2O5S. The van der Waals surface area contributed by atoms with Gasteiger partial charge in [0.15, 0.2) is 9.84 Å². The fourth-order valence-electron chi connectivity index (χ4n) is 2.51. The number of benzene rings is 2. The Kier molecular flexibility index (Phi) is 4.85. The molecule has 0 bridgehead atoms. The summed E-state index contributed by atoms with van der Waals surface area (Å²) in [6.07, 6.45) is 1.12. The van der Waals surface area contributed by atoms with E-state index >= 15 is 0 Å². The Bertz CT molecular complexity index is 1140. The lowest BCUT2D eigenvalue weighted by Crippen LogP contribution is -2.14. The van der Waals surface area contributed by atoms with E-state index in [-0.39, 0.29) is 29.3 Å². The smallest absolute Gasteiger partial charge is 0.338 e. The van der Waals surface area contributed by atoms with E-state index in [9.17, 15) is 18.0 Å². The van der Waals surface area contributed by atoms with Gasteiger partial charge in [0.25, 0.3) is 5.56 Å². The quantitative estimate of drug-likeness (QED) is 0.685. The first-order chi connectivity index (χ1) is 12.3. The van der Waals surface area contributed by atoms with Crippen LogP contribution in [0.2, 0.25) is 0 Å². The van der Waals surface area contributed by atoms with Gasteiger partial charge in [-0.2, -0.15) is 0 Å². The second-order valence-electron chi connectivity index (χ2n) is 5.88. The summed E-state index contributed by atoms with van der Waals surface area (Å²) in [6, 6.07) is 13.1. The van der Waals surface area contributed by atoms with Crippen LogP contribution in [0, 0.1) is 0 Å². The van der Waals surface area contributed by atoms with Crippen molar-refractivity contribution in [1.29, 1.82) is 0 Å². The van der Waals surface area contributed by atoms with E-state index in [0.29, 0.717) is 16.5 Å². The largest absolute Gasteiger partial charge is 0.454 e. The lowest BCUT2D eigenvalue weighted by atomic mass is 10.1. The minimum absolute atomic E-state index is 0.159.